The Morgan fingerprint density at radius 1 is 0.958 bits per heavy atom. The Kier molecular flexibility index (Phi) is 3.68. The van der Waals surface area contributed by atoms with Crippen molar-refractivity contribution in [2.75, 3.05) is 5.43 Å². The number of halogens is 3. The highest BCUT2D eigenvalue weighted by Gasteiger charge is 2.28. The van der Waals surface area contributed by atoms with Crippen LogP contribution in [0.1, 0.15) is 15.9 Å². The predicted octanol–water partition coefficient (Wildman–Crippen LogP) is 5.21. The second-order valence-corrected chi connectivity index (χ2v) is 6.37. The number of carbonyl (C=O) groups is 1. The molecule has 1 N–H and O–H groups in total. The van der Waals surface area contributed by atoms with Crippen molar-refractivity contribution in [2.24, 2.45) is 5.10 Å². The van der Waals surface area contributed by atoms with E-state index in [4.69, 9.17) is 34.8 Å². The average molecular weight is 377 g/mol. The first-order valence-corrected chi connectivity index (χ1v) is 8.11. The fraction of sp³-hybridized carbons (Fsp3) is 0. The molecule has 1 heterocycles. The SMILES string of the molecule is O=C1C(=NNc2nc(Cl)c(Cl)cc2Cl)c2cccc3cccc1c23. The molecular formula is C17H8Cl3N3O. The van der Waals surface area contributed by atoms with Gasteiger partial charge in [0.25, 0.3) is 0 Å². The number of benzene rings is 2. The van der Waals surface area contributed by atoms with Gasteiger partial charge in [-0.2, -0.15) is 5.10 Å². The van der Waals surface area contributed by atoms with Crippen molar-refractivity contribution in [3.8, 4) is 0 Å². The normalized spacial score (nSPS) is 14.6. The van der Waals surface area contributed by atoms with Gasteiger partial charge in [-0.15, -0.1) is 0 Å². The van der Waals surface area contributed by atoms with Crippen molar-refractivity contribution in [2.45, 2.75) is 0 Å². The molecule has 1 aliphatic rings. The van der Waals surface area contributed by atoms with E-state index in [0.29, 0.717) is 11.3 Å². The lowest BCUT2D eigenvalue weighted by Gasteiger charge is -2.05. The Labute approximate surface area is 152 Å². The van der Waals surface area contributed by atoms with E-state index in [0.717, 1.165) is 16.3 Å². The zero-order valence-corrected chi connectivity index (χ0v) is 14.2. The van der Waals surface area contributed by atoms with Gasteiger partial charge in [0, 0.05) is 16.5 Å². The number of aromatic nitrogens is 1. The number of nitrogens with zero attached hydrogens (tertiary/aromatic N) is 2. The summed E-state index contributed by atoms with van der Waals surface area (Å²) < 4.78 is 0. The number of hydrazone groups is 1. The van der Waals surface area contributed by atoms with Gasteiger partial charge in [-0.05, 0) is 11.5 Å². The largest absolute Gasteiger partial charge is 0.287 e. The van der Waals surface area contributed by atoms with Crippen molar-refractivity contribution in [3.05, 3.63) is 68.8 Å². The number of hydrogen-bond acceptors (Lipinski definition) is 4. The molecule has 1 aromatic heterocycles. The van der Waals surface area contributed by atoms with Crippen molar-refractivity contribution < 1.29 is 4.79 Å². The Balaban J connectivity index is 1.79. The molecule has 24 heavy (non-hydrogen) atoms. The number of pyridine rings is 1. The fourth-order valence-electron chi connectivity index (χ4n) is 2.72. The summed E-state index contributed by atoms with van der Waals surface area (Å²) in [6.07, 6.45) is 0. The van der Waals surface area contributed by atoms with Gasteiger partial charge in [0.05, 0.1) is 10.0 Å². The molecule has 0 unspecified atom stereocenters. The van der Waals surface area contributed by atoms with Crippen molar-refractivity contribution >= 4 is 62.9 Å². The third kappa shape index (κ3) is 2.35. The van der Waals surface area contributed by atoms with Crippen LogP contribution >= 0.6 is 34.8 Å². The lowest BCUT2D eigenvalue weighted by atomic mass is 10.1. The molecule has 4 rings (SSSR count). The summed E-state index contributed by atoms with van der Waals surface area (Å²) in [5.74, 6) is 0.0833. The number of Topliss-reactive ketones (excluding diaryl/α,β-unsaturated/α-hetero) is 1. The van der Waals surface area contributed by atoms with Crippen LogP contribution < -0.4 is 5.43 Å². The number of rotatable bonds is 2. The molecule has 0 fully saturated rings. The Morgan fingerprint density at radius 2 is 1.67 bits per heavy atom. The standard InChI is InChI=1S/C17H8Cl3N3O/c18-11-7-12(19)17(21-16(11)20)23-22-14-9-5-1-3-8-4-2-6-10(13(8)9)15(14)24/h1-7H,(H,21,23). The van der Waals surface area contributed by atoms with Crippen LogP contribution in [-0.4, -0.2) is 16.5 Å². The van der Waals surface area contributed by atoms with Gasteiger partial charge >= 0.3 is 0 Å². The first-order valence-electron chi connectivity index (χ1n) is 6.98. The van der Waals surface area contributed by atoms with Gasteiger partial charge in [0.15, 0.2) is 5.82 Å². The van der Waals surface area contributed by atoms with E-state index in [-0.39, 0.29) is 26.8 Å². The van der Waals surface area contributed by atoms with Gasteiger partial charge in [-0.25, -0.2) is 4.98 Å². The zero-order valence-electron chi connectivity index (χ0n) is 12.0. The number of ketones is 1. The quantitative estimate of drug-likeness (QED) is 0.493. The van der Waals surface area contributed by atoms with E-state index in [9.17, 15) is 4.79 Å². The molecule has 7 heteroatoms. The van der Waals surface area contributed by atoms with Gasteiger partial charge < -0.3 is 0 Å². The van der Waals surface area contributed by atoms with E-state index in [2.05, 4.69) is 15.5 Å². The first-order chi connectivity index (χ1) is 11.6. The molecule has 0 saturated carbocycles. The highest BCUT2D eigenvalue weighted by Crippen LogP contribution is 2.32. The molecule has 118 valence electrons. The van der Waals surface area contributed by atoms with Crippen molar-refractivity contribution in [3.63, 3.8) is 0 Å². The molecule has 3 aromatic rings. The molecule has 0 amide bonds. The van der Waals surface area contributed by atoms with E-state index < -0.39 is 0 Å². The van der Waals surface area contributed by atoms with E-state index in [1.54, 1.807) is 6.07 Å². The summed E-state index contributed by atoms with van der Waals surface area (Å²) in [4.78, 5) is 16.7. The molecule has 4 nitrogen and oxygen atoms in total. The molecule has 2 aromatic carbocycles. The van der Waals surface area contributed by atoms with Gasteiger partial charge in [0.1, 0.15) is 10.9 Å². The second kappa shape index (κ2) is 5.74. The maximum absolute atomic E-state index is 12.6. The summed E-state index contributed by atoms with van der Waals surface area (Å²) in [5, 5.41) is 6.72. The topological polar surface area (TPSA) is 54.4 Å². The third-order valence-electron chi connectivity index (χ3n) is 3.78. The summed E-state index contributed by atoms with van der Waals surface area (Å²) >= 11 is 17.8. The zero-order chi connectivity index (χ0) is 16.8. The van der Waals surface area contributed by atoms with Crippen LogP contribution in [0, 0.1) is 0 Å². The Morgan fingerprint density at radius 3 is 2.42 bits per heavy atom. The first kappa shape index (κ1) is 15.4. The van der Waals surface area contributed by atoms with Crippen molar-refractivity contribution in [1.29, 1.82) is 0 Å². The smallest absolute Gasteiger partial charge is 0.214 e. The summed E-state index contributed by atoms with van der Waals surface area (Å²) in [6.45, 7) is 0. The number of anilines is 1. The van der Waals surface area contributed by atoms with Gasteiger partial charge in [-0.1, -0.05) is 71.2 Å². The second-order valence-electron chi connectivity index (χ2n) is 5.20. The third-order valence-corrected chi connectivity index (χ3v) is 4.74. The molecular weight excluding hydrogens is 369 g/mol. The minimum absolute atomic E-state index is 0.104. The number of nitrogens with one attached hydrogen (secondary N) is 1. The summed E-state index contributed by atoms with van der Waals surface area (Å²) in [5.41, 5.74) is 4.43. The monoisotopic (exact) mass is 375 g/mol. The van der Waals surface area contributed by atoms with Crippen LogP contribution in [0.3, 0.4) is 0 Å². The highest BCUT2D eigenvalue weighted by molar-refractivity contribution is 6.59. The van der Waals surface area contributed by atoms with E-state index >= 15 is 0 Å². The average Bonchev–Trinajstić information content (AvgIpc) is 2.85. The van der Waals surface area contributed by atoms with E-state index in [1.807, 2.05) is 30.3 Å². The number of carbonyl (C=O) groups excluding carboxylic acids is 1. The van der Waals surface area contributed by atoms with Gasteiger partial charge in [-0.3, -0.25) is 10.2 Å². The molecule has 0 saturated heterocycles. The molecule has 0 radical (unpaired) electrons. The predicted molar refractivity (Wildman–Crippen MR) is 97.7 cm³/mol. The van der Waals surface area contributed by atoms with Crippen LogP contribution in [0.5, 0.6) is 0 Å². The number of hydrogen-bond donors (Lipinski definition) is 1. The maximum atomic E-state index is 12.6. The van der Waals surface area contributed by atoms with Crippen LogP contribution in [-0.2, 0) is 0 Å². The lowest BCUT2D eigenvalue weighted by Crippen LogP contribution is -2.11. The molecule has 1 aliphatic carbocycles. The maximum Gasteiger partial charge on any atom is 0.214 e. The minimum atomic E-state index is -0.148. The fourth-order valence-corrected chi connectivity index (χ4v) is 3.26. The van der Waals surface area contributed by atoms with Crippen LogP contribution in [0.2, 0.25) is 15.2 Å². The molecule has 0 bridgehead atoms. The van der Waals surface area contributed by atoms with E-state index in [1.165, 1.54) is 6.07 Å². The van der Waals surface area contributed by atoms with Crippen LogP contribution in [0.15, 0.2) is 47.6 Å². The van der Waals surface area contributed by atoms with Crippen LogP contribution in [0.4, 0.5) is 5.82 Å². The molecule has 0 atom stereocenters. The highest BCUT2D eigenvalue weighted by atomic mass is 35.5. The lowest BCUT2D eigenvalue weighted by molar-refractivity contribution is 0.107. The summed E-state index contributed by atoms with van der Waals surface area (Å²) in [6, 6.07) is 12.8. The van der Waals surface area contributed by atoms with Gasteiger partial charge in [0.2, 0.25) is 5.78 Å². The minimum Gasteiger partial charge on any atom is -0.287 e. The molecule has 0 spiro atoms. The molecule has 0 aliphatic heterocycles. The summed E-state index contributed by atoms with van der Waals surface area (Å²) in [7, 11) is 0. The Hall–Kier alpha value is -2.14. The Bertz CT molecular complexity index is 1040. The van der Waals surface area contributed by atoms with Crippen LogP contribution in [0.25, 0.3) is 10.8 Å². The van der Waals surface area contributed by atoms with Crippen molar-refractivity contribution in [1.82, 2.24) is 4.98 Å².